The van der Waals surface area contributed by atoms with Gasteiger partial charge in [-0.05, 0) is 49.1 Å². The predicted octanol–water partition coefficient (Wildman–Crippen LogP) is 3.85. The highest BCUT2D eigenvalue weighted by atomic mass is 16.5. The van der Waals surface area contributed by atoms with Gasteiger partial charge >= 0.3 is 0 Å². The summed E-state index contributed by atoms with van der Waals surface area (Å²) in [5.74, 6) is 1.07. The SMILES string of the molecule is CC(C)=COc1cccc2cc(O)ccc12. The van der Waals surface area contributed by atoms with E-state index in [1.165, 1.54) is 0 Å². The number of phenols is 1. The van der Waals surface area contributed by atoms with Crippen molar-refractivity contribution in [2.75, 3.05) is 0 Å². The Balaban J connectivity index is 2.49. The number of aromatic hydroxyl groups is 1. The molecule has 0 heterocycles. The molecule has 0 saturated carbocycles. The Morgan fingerprint density at radius 2 is 2.00 bits per heavy atom. The molecule has 0 radical (unpaired) electrons. The first-order valence-electron chi connectivity index (χ1n) is 5.18. The third-order valence-corrected chi connectivity index (χ3v) is 2.25. The highest BCUT2D eigenvalue weighted by Gasteiger charge is 2.01. The Hall–Kier alpha value is -1.96. The number of allylic oxidation sites excluding steroid dienone is 1. The Labute approximate surface area is 94.8 Å². The monoisotopic (exact) mass is 214 g/mol. The Morgan fingerprint density at radius 3 is 2.75 bits per heavy atom. The summed E-state index contributed by atoms with van der Waals surface area (Å²) >= 11 is 0. The quantitative estimate of drug-likeness (QED) is 0.769. The lowest BCUT2D eigenvalue weighted by molar-refractivity contribution is 0.475. The standard InChI is InChI=1S/C14H14O2/c1-10(2)9-16-14-5-3-4-11-8-12(15)6-7-13(11)14/h3-9,15H,1-2H3. The number of rotatable bonds is 2. The number of phenolic OH excluding ortho intramolecular Hbond substituents is 1. The molecule has 0 bridgehead atoms. The molecule has 1 N–H and O–H groups in total. The zero-order valence-corrected chi connectivity index (χ0v) is 9.40. The van der Waals surface area contributed by atoms with Gasteiger partial charge in [-0.25, -0.2) is 0 Å². The lowest BCUT2D eigenvalue weighted by Crippen LogP contribution is -1.85. The summed E-state index contributed by atoms with van der Waals surface area (Å²) in [4.78, 5) is 0. The molecule has 0 aliphatic carbocycles. The number of fused-ring (bicyclic) bond motifs is 1. The van der Waals surface area contributed by atoms with Gasteiger partial charge < -0.3 is 9.84 Å². The zero-order chi connectivity index (χ0) is 11.5. The molecule has 16 heavy (non-hydrogen) atoms. The van der Waals surface area contributed by atoms with Crippen LogP contribution in [0.1, 0.15) is 13.8 Å². The summed E-state index contributed by atoms with van der Waals surface area (Å²) < 4.78 is 5.58. The molecule has 0 spiro atoms. The Bertz CT molecular complexity index is 537. The van der Waals surface area contributed by atoms with E-state index in [-0.39, 0.29) is 5.75 Å². The number of ether oxygens (including phenoxy) is 1. The number of benzene rings is 2. The molecule has 2 rings (SSSR count). The summed E-state index contributed by atoms with van der Waals surface area (Å²) in [5.41, 5.74) is 1.11. The second-order valence-corrected chi connectivity index (χ2v) is 3.97. The molecule has 82 valence electrons. The van der Waals surface area contributed by atoms with Crippen LogP contribution in [-0.4, -0.2) is 5.11 Å². The molecule has 2 heteroatoms. The molecule has 2 aromatic carbocycles. The van der Waals surface area contributed by atoms with Crippen LogP contribution in [0.15, 0.2) is 48.2 Å². The molecule has 0 aliphatic heterocycles. The normalized spacial score (nSPS) is 10.1. The fourth-order valence-corrected chi connectivity index (χ4v) is 1.53. The first kappa shape index (κ1) is 10.6. The average molecular weight is 214 g/mol. The van der Waals surface area contributed by atoms with Crippen LogP contribution in [0.5, 0.6) is 11.5 Å². The smallest absolute Gasteiger partial charge is 0.134 e. The third kappa shape index (κ3) is 2.16. The number of hydrogen-bond donors (Lipinski definition) is 1. The molecule has 0 fully saturated rings. The van der Waals surface area contributed by atoms with Crippen LogP contribution in [0.2, 0.25) is 0 Å². The molecular weight excluding hydrogens is 200 g/mol. The summed E-state index contributed by atoms with van der Waals surface area (Å²) in [6.45, 7) is 3.97. The molecule has 2 aromatic rings. The fraction of sp³-hybridized carbons (Fsp3) is 0.143. The second-order valence-electron chi connectivity index (χ2n) is 3.97. The molecule has 0 atom stereocenters. The highest BCUT2D eigenvalue weighted by molar-refractivity contribution is 5.89. The Kier molecular flexibility index (Phi) is 2.82. The summed E-state index contributed by atoms with van der Waals surface area (Å²) in [7, 11) is 0. The summed E-state index contributed by atoms with van der Waals surface area (Å²) in [6, 6.07) is 11.0. The minimum Gasteiger partial charge on any atom is -0.508 e. The first-order chi connectivity index (χ1) is 7.66. The van der Waals surface area contributed by atoms with E-state index >= 15 is 0 Å². The van der Waals surface area contributed by atoms with E-state index in [1.807, 2.05) is 38.1 Å². The summed E-state index contributed by atoms with van der Waals surface area (Å²) in [5, 5.41) is 11.4. The van der Waals surface area contributed by atoms with Crippen LogP contribution in [0.3, 0.4) is 0 Å². The minimum atomic E-state index is 0.270. The van der Waals surface area contributed by atoms with Crippen LogP contribution < -0.4 is 4.74 Å². The maximum atomic E-state index is 9.39. The van der Waals surface area contributed by atoms with Crippen molar-refractivity contribution >= 4 is 10.8 Å². The van der Waals surface area contributed by atoms with E-state index in [4.69, 9.17) is 4.74 Å². The lowest BCUT2D eigenvalue weighted by Gasteiger charge is -2.06. The van der Waals surface area contributed by atoms with Crippen molar-refractivity contribution in [2.45, 2.75) is 13.8 Å². The van der Waals surface area contributed by atoms with Crippen molar-refractivity contribution in [3.63, 3.8) is 0 Å². The van der Waals surface area contributed by atoms with Crippen molar-refractivity contribution in [2.24, 2.45) is 0 Å². The van der Waals surface area contributed by atoms with Gasteiger partial charge in [-0.3, -0.25) is 0 Å². The van der Waals surface area contributed by atoms with Crippen molar-refractivity contribution in [3.8, 4) is 11.5 Å². The van der Waals surface area contributed by atoms with Gasteiger partial charge in [0.15, 0.2) is 0 Å². The van der Waals surface area contributed by atoms with Crippen molar-refractivity contribution in [3.05, 3.63) is 48.2 Å². The van der Waals surface area contributed by atoms with E-state index in [0.29, 0.717) is 0 Å². The molecule has 0 unspecified atom stereocenters. The van der Waals surface area contributed by atoms with Gasteiger partial charge in [0.25, 0.3) is 0 Å². The van der Waals surface area contributed by atoms with Gasteiger partial charge in [-0.2, -0.15) is 0 Å². The largest absolute Gasteiger partial charge is 0.508 e. The minimum absolute atomic E-state index is 0.270. The van der Waals surface area contributed by atoms with E-state index in [1.54, 1.807) is 18.4 Å². The summed E-state index contributed by atoms with van der Waals surface area (Å²) in [6.07, 6.45) is 1.72. The fourth-order valence-electron chi connectivity index (χ4n) is 1.53. The predicted molar refractivity (Wildman–Crippen MR) is 65.7 cm³/mol. The van der Waals surface area contributed by atoms with Crippen LogP contribution >= 0.6 is 0 Å². The third-order valence-electron chi connectivity index (χ3n) is 2.25. The van der Waals surface area contributed by atoms with Crippen LogP contribution in [-0.2, 0) is 0 Å². The van der Waals surface area contributed by atoms with Gasteiger partial charge in [-0.15, -0.1) is 0 Å². The lowest BCUT2D eigenvalue weighted by atomic mass is 10.1. The number of hydrogen-bond acceptors (Lipinski definition) is 2. The average Bonchev–Trinajstić information content (AvgIpc) is 2.25. The molecular formula is C14H14O2. The molecule has 0 aromatic heterocycles. The topological polar surface area (TPSA) is 29.5 Å². The van der Waals surface area contributed by atoms with Crippen LogP contribution in [0, 0.1) is 0 Å². The maximum Gasteiger partial charge on any atom is 0.134 e. The van der Waals surface area contributed by atoms with Gasteiger partial charge in [0.05, 0.1) is 6.26 Å². The van der Waals surface area contributed by atoms with E-state index < -0.39 is 0 Å². The Morgan fingerprint density at radius 1 is 1.19 bits per heavy atom. The van der Waals surface area contributed by atoms with Gasteiger partial charge in [-0.1, -0.05) is 12.1 Å². The zero-order valence-electron chi connectivity index (χ0n) is 9.40. The molecule has 0 aliphatic rings. The van der Waals surface area contributed by atoms with Crippen LogP contribution in [0.25, 0.3) is 10.8 Å². The van der Waals surface area contributed by atoms with Gasteiger partial charge in [0, 0.05) is 5.39 Å². The van der Waals surface area contributed by atoms with Crippen molar-refractivity contribution in [1.29, 1.82) is 0 Å². The van der Waals surface area contributed by atoms with Gasteiger partial charge in [0.1, 0.15) is 11.5 Å². The van der Waals surface area contributed by atoms with E-state index in [2.05, 4.69) is 0 Å². The maximum absolute atomic E-state index is 9.39. The molecule has 0 saturated heterocycles. The molecule has 2 nitrogen and oxygen atoms in total. The van der Waals surface area contributed by atoms with E-state index in [9.17, 15) is 5.11 Å². The second kappa shape index (κ2) is 4.27. The van der Waals surface area contributed by atoms with Gasteiger partial charge in [0.2, 0.25) is 0 Å². The van der Waals surface area contributed by atoms with Crippen molar-refractivity contribution in [1.82, 2.24) is 0 Å². The van der Waals surface area contributed by atoms with E-state index in [0.717, 1.165) is 22.1 Å². The van der Waals surface area contributed by atoms with Crippen molar-refractivity contribution < 1.29 is 9.84 Å². The molecule has 0 amide bonds. The first-order valence-corrected chi connectivity index (χ1v) is 5.18. The van der Waals surface area contributed by atoms with Crippen LogP contribution in [0.4, 0.5) is 0 Å². The highest BCUT2D eigenvalue weighted by Crippen LogP contribution is 2.28.